The van der Waals surface area contributed by atoms with E-state index in [1.807, 2.05) is 0 Å². The van der Waals surface area contributed by atoms with Gasteiger partial charge in [-0.25, -0.2) is 9.18 Å². The molecular formula is C23H33FN2O4. The van der Waals surface area contributed by atoms with Gasteiger partial charge < -0.3 is 25.3 Å². The fraction of sp³-hybridized carbons (Fsp3) is 0.652. The SMILES string of the molecule is CN(C[C@@](N)(C=O)C1CCC(COCc2c(F)cccc2C(=O)O)CC1)C1CCC1. The highest BCUT2D eigenvalue weighted by Gasteiger charge is 2.39. The Bertz CT molecular complexity index is 747. The molecule has 2 aliphatic carbocycles. The fourth-order valence-electron chi connectivity index (χ4n) is 4.75. The maximum Gasteiger partial charge on any atom is 0.336 e. The van der Waals surface area contributed by atoms with Crippen LogP contribution in [0.5, 0.6) is 0 Å². The van der Waals surface area contributed by atoms with Crippen molar-refractivity contribution < 1.29 is 23.8 Å². The Morgan fingerprint density at radius 3 is 2.57 bits per heavy atom. The molecule has 0 saturated heterocycles. The van der Waals surface area contributed by atoms with Crippen LogP contribution in [0.2, 0.25) is 0 Å². The van der Waals surface area contributed by atoms with Crippen LogP contribution in [0.1, 0.15) is 60.9 Å². The summed E-state index contributed by atoms with van der Waals surface area (Å²) < 4.78 is 19.7. The molecule has 0 amide bonds. The molecule has 166 valence electrons. The second-order valence-electron chi connectivity index (χ2n) is 9.03. The molecule has 0 aromatic heterocycles. The zero-order chi connectivity index (χ0) is 21.7. The zero-order valence-corrected chi connectivity index (χ0v) is 17.7. The number of aldehydes is 1. The van der Waals surface area contributed by atoms with Crippen LogP contribution in [0, 0.1) is 17.7 Å². The average molecular weight is 421 g/mol. The summed E-state index contributed by atoms with van der Waals surface area (Å²) in [6, 6.07) is 4.57. The highest BCUT2D eigenvalue weighted by atomic mass is 19.1. The molecule has 6 nitrogen and oxygen atoms in total. The quantitative estimate of drug-likeness (QED) is 0.565. The van der Waals surface area contributed by atoms with Crippen molar-refractivity contribution in [2.75, 3.05) is 20.2 Å². The molecule has 2 aliphatic rings. The Morgan fingerprint density at radius 2 is 2.00 bits per heavy atom. The number of carboxylic acids is 1. The van der Waals surface area contributed by atoms with Crippen molar-refractivity contribution in [3.63, 3.8) is 0 Å². The van der Waals surface area contributed by atoms with Crippen LogP contribution in [0.4, 0.5) is 4.39 Å². The summed E-state index contributed by atoms with van der Waals surface area (Å²) in [5, 5.41) is 9.22. The van der Waals surface area contributed by atoms with Crippen LogP contribution in [0.25, 0.3) is 0 Å². The third-order valence-corrected chi connectivity index (χ3v) is 7.00. The number of aromatic carboxylic acids is 1. The van der Waals surface area contributed by atoms with E-state index in [1.165, 1.54) is 37.5 Å². The normalized spacial score (nSPS) is 24.3. The number of nitrogens with zero attached hydrogens (tertiary/aromatic N) is 1. The van der Waals surface area contributed by atoms with Gasteiger partial charge in [-0.15, -0.1) is 0 Å². The molecule has 0 spiro atoms. The maximum atomic E-state index is 14.0. The highest BCUT2D eigenvalue weighted by Crippen LogP contribution is 2.35. The lowest BCUT2D eigenvalue weighted by Gasteiger charge is -2.43. The van der Waals surface area contributed by atoms with Crippen molar-refractivity contribution in [1.29, 1.82) is 0 Å². The van der Waals surface area contributed by atoms with Crippen LogP contribution >= 0.6 is 0 Å². The molecular weight excluding hydrogens is 387 g/mol. The molecule has 3 rings (SSSR count). The van der Waals surface area contributed by atoms with E-state index in [2.05, 4.69) is 11.9 Å². The van der Waals surface area contributed by atoms with Crippen molar-refractivity contribution in [2.45, 2.75) is 63.1 Å². The lowest BCUT2D eigenvalue weighted by molar-refractivity contribution is -0.116. The van der Waals surface area contributed by atoms with Crippen molar-refractivity contribution in [2.24, 2.45) is 17.6 Å². The molecule has 2 fully saturated rings. The van der Waals surface area contributed by atoms with Gasteiger partial charge in [-0.05, 0) is 69.5 Å². The van der Waals surface area contributed by atoms with Crippen molar-refractivity contribution >= 4 is 12.3 Å². The smallest absolute Gasteiger partial charge is 0.336 e. The Morgan fingerprint density at radius 1 is 1.30 bits per heavy atom. The minimum Gasteiger partial charge on any atom is -0.478 e. The van der Waals surface area contributed by atoms with Gasteiger partial charge in [0, 0.05) is 24.8 Å². The van der Waals surface area contributed by atoms with Crippen LogP contribution < -0.4 is 5.73 Å². The van der Waals surface area contributed by atoms with E-state index in [4.69, 9.17) is 10.5 Å². The van der Waals surface area contributed by atoms with E-state index in [0.717, 1.165) is 32.0 Å². The van der Waals surface area contributed by atoms with Crippen LogP contribution in [0.3, 0.4) is 0 Å². The number of benzene rings is 1. The van der Waals surface area contributed by atoms with Gasteiger partial charge in [-0.1, -0.05) is 12.5 Å². The first-order valence-electron chi connectivity index (χ1n) is 10.9. The minimum atomic E-state index is -1.16. The van der Waals surface area contributed by atoms with Crippen molar-refractivity contribution in [1.82, 2.24) is 4.90 Å². The second kappa shape index (κ2) is 9.98. The summed E-state index contributed by atoms with van der Waals surface area (Å²) in [6.45, 7) is 0.981. The standard InChI is InChI=1S/C23H33FN2O4/c1-26(18-4-2-5-18)14-23(25,15-27)17-10-8-16(9-11-17)12-30-13-20-19(22(28)29)6-3-7-21(20)24/h3,6-7,15-18H,2,4-5,8-14,25H2,1H3,(H,28,29)/t16?,17?,23-/m1/s1. The summed E-state index contributed by atoms with van der Waals surface area (Å²) in [5.41, 5.74) is 5.74. The molecule has 3 N–H and O–H groups in total. The van der Waals surface area contributed by atoms with Gasteiger partial charge in [0.15, 0.2) is 0 Å². The first kappa shape index (κ1) is 22.8. The lowest BCUT2D eigenvalue weighted by Crippen LogP contribution is -2.59. The number of ether oxygens (including phenoxy) is 1. The molecule has 0 unspecified atom stereocenters. The number of carbonyl (C=O) groups excluding carboxylic acids is 1. The molecule has 2 saturated carbocycles. The number of carbonyl (C=O) groups is 2. The average Bonchev–Trinajstić information content (AvgIpc) is 2.68. The highest BCUT2D eigenvalue weighted by molar-refractivity contribution is 5.89. The second-order valence-corrected chi connectivity index (χ2v) is 9.03. The summed E-state index contributed by atoms with van der Waals surface area (Å²) in [6.07, 6.45) is 8.07. The van der Waals surface area contributed by atoms with E-state index in [1.54, 1.807) is 0 Å². The minimum absolute atomic E-state index is 0.0599. The third kappa shape index (κ3) is 5.25. The van der Waals surface area contributed by atoms with E-state index >= 15 is 0 Å². The molecule has 0 bridgehead atoms. The molecule has 0 aliphatic heterocycles. The zero-order valence-electron chi connectivity index (χ0n) is 17.7. The number of nitrogens with two attached hydrogens (primary N) is 1. The molecule has 7 heteroatoms. The maximum absolute atomic E-state index is 14.0. The molecule has 1 aromatic rings. The summed E-state index contributed by atoms with van der Waals surface area (Å²) in [5.74, 6) is -1.26. The number of rotatable bonds is 10. The number of hydrogen-bond donors (Lipinski definition) is 2. The Balaban J connectivity index is 1.47. The summed E-state index contributed by atoms with van der Waals surface area (Å²) in [7, 11) is 2.06. The van der Waals surface area contributed by atoms with Crippen LogP contribution in [-0.4, -0.2) is 54.0 Å². The number of likely N-dealkylation sites (N-methyl/N-ethyl adjacent to an activating group) is 1. The van der Waals surface area contributed by atoms with Gasteiger partial charge in [0.1, 0.15) is 12.1 Å². The van der Waals surface area contributed by atoms with Crippen molar-refractivity contribution in [3.05, 3.63) is 35.1 Å². The molecule has 0 radical (unpaired) electrons. The third-order valence-electron chi connectivity index (χ3n) is 7.00. The Kier molecular flexibility index (Phi) is 7.60. The van der Waals surface area contributed by atoms with Gasteiger partial charge in [0.2, 0.25) is 0 Å². The van der Waals surface area contributed by atoms with Crippen molar-refractivity contribution in [3.8, 4) is 0 Å². The molecule has 30 heavy (non-hydrogen) atoms. The monoisotopic (exact) mass is 420 g/mol. The number of halogens is 1. The first-order chi connectivity index (χ1) is 14.3. The number of carboxylic acid groups (broad SMARTS) is 1. The van der Waals surface area contributed by atoms with Gasteiger partial charge >= 0.3 is 5.97 Å². The summed E-state index contributed by atoms with van der Waals surface area (Å²) >= 11 is 0. The first-order valence-corrected chi connectivity index (χ1v) is 10.9. The molecule has 1 atom stereocenters. The molecule has 1 aromatic carbocycles. The summed E-state index contributed by atoms with van der Waals surface area (Å²) in [4.78, 5) is 25.4. The Labute approximate surface area is 177 Å². The topological polar surface area (TPSA) is 92.9 Å². The van der Waals surface area contributed by atoms with E-state index in [9.17, 15) is 19.1 Å². The predicted molar refractivity (Wildman–Crippen MR) is 112 cm³/mol. The van der Waals surface area contributed by atoms with Crippen LogP contribution in [-0.2, 0) is 16.1 Å². The molecule has 0 heterocycles. The van der Waals surface area contributed by atoms with E-state index < -0.39 is 17.3 Å². The largest absolute Gasteiger partial charge is 0.478 e. The lowest BCUT2D eigenvalue weighted by atomic mass is 9.72. The van der Waals surface area contributed by atoms with Crippen LogP contribution in [0.15, 0.2) is 18.2 Å². The Hall–Kier alpha value is -1.83. The fourth-order valence-corrected chi connectivity index (χ4v) is 4.75. The van der Waals surface area contributed by atoms with E-state index in [-0.39, 0.29) is 23.7 Å². The predicted octanol–water partition coefficient (Wildman–Crippen LogP) is 3.23. The number of hydrogen-bond acceptors (Lipinski definition) is 5. The van der Waals surface area contributed by atoms with Gasteiger partial charge in [0.25, 0.3) is 0 Å². The van der Waals surface area contributed by atoms with Gasteiger partial charge in [-0.3, -0.25) is 0 Å². The van der Waals surface area contributed by atoms with Gasteiger partial charge in [-0.2, -0.15) is 0 Å². The van der Waals surface area contributed by atoms with E-state index in [0.29, 0.717) is 25.1 Å². The van der Waals surface area contributed by atoms with Gasteiger partial charge in [0.05, 0.1) is 17.7 Å².